The highest BCUT2D eigenvalue weighted by Gasteiger charge is 2.14. The van der Waals surface area contributed by atoms with Crippen LogP contribution in [0.5, 0.6) is 11.8 Å². The average Bonchev–Trinajstić information content (AvgIpc) is 2.34. The molecule has 0 saturated carbocycles. The molecule has 0 aliphatic carbocycles. The minimum atomic E-state index is -1.09. The molecular formula is C12H10BrF2N3O. The van der Waals surface area contributed by atoms with Crippen LogP contribution in [0.25, 0.3) is 0 Å². The third kappa shape index (κ3) is 3.24. The van der Waals surface area contributed by atoms with Crippen LogP contribution in [-0.2, 0) is 6.54 Å². The summed E-state index contributed by atoms with van der Waals surface area (Å²) in [5, 5.41) is 0. The molecule has 0 spiro atoms. The van der Waals surface area contributed by atoms with Crippen molar-refractivity contribution in [2.75, 3.05) is 0 Å². The highest BCUT2D eigenvalue weighted by Crippen LogP contribution is 2.28. The molecule has 100 valence electrons. The molecule has 0 fully saturated rings. The maximum atomic E-state index is 13.5. The highest BCUT2D eigenvalue weighted by atomic mass is 79.9. The summed E-state index contributed by atoms with van der Waals surface area (Å²) in [6, 6.07) is 3.92. The number of rotatable bonds is 3. The van der Waals surface area contributed by atoms with E-state index < -0.39 is 11.6 Å². The summed E-state index contributed by atoms with van der Waals surface area (Å²) in [6.45, 7) is 1.93. The van der Waals surface area contributed by atoms with Crippen LogP contribution in [0.15, 0.2) is 22.7 Å². The Balaban J connectivity index is 2.38. The van der Waals surface area contributed by atoms with Gasteiger partial charge in [-0.25, -0.2) is 9.37 Å². The second-order valence-corrected chi connectivity index (χ2v) is 4.70. The van der Waals surface area contributed by atoms with Gasteiger partial charge >= 0.3 is 6.01 Å². The molecule has 1 aromatic carbocycles. The summed E-state index contributed by atoms with van der Waals surface area (Å²) >= 11 is 3.06. The topological polar surface area (TPSA) is 61.0 Å². The van der Waals surface area contributed by atoms with E-state index in [9.17, 15) is 8.78 Å². The zero-order valence-electron chi connectivity index (χ0n) is 9.95. The van der Waals surface area contributed by atoms with Crippen molar-refractivity contribution in [3.05, 3.63) is 45.7 Å². The van der Waals surface area contributed by atoms with Gasteiger partial charge < -0.3 is 10.5 Å². The van der Waals surface area contributed by atoms with E-state index in [0.717, 1.165) is 6.07 Å². The Labute approximate surface area is 116 Å². The largest absolute Gasteiger partial charge is 0.421 e. The van der Waals surface area contributed by atoms with Gasteiger partial charge in [0.1, 0.15) is 0 Å². The predicted molar refractivity (Wildman–Crippen MR) is 68.8 cm³/mol. The van der Waals surface area contributed by atoms with Gasteiger partial charge in [0.05, 0.1) is 5.69 Å². The van der Waals surface area contributed by atoms with Crippen molar-refractivity contribution in [1.29, 1.82) is 0 Å². The molecule has 2 N–H and O–H groups in total. The zero-order chi connectivity index (χ0) is 14.0. The van der Waals surface area contributed by atoms with Gasteiger partial charge in [0.2, 0.25) is 5.82 Å². The summed E-state index contributed by atoms with van der Waals surface area (Å²) in [7, 11) is 0. The number of hydrogen-bond acceptors (Lipinski definition) is 4. The number of aromatic nitrogens is 2. The van der Waals surface area contributed by atoms with Crippen LogP contribution in [-0.4, -0.2) is 9.97 Å². The third-order valence-corrected chi connectivity index (χ3v) is 2.71. The quantitative estimate of drug-likeness (QED) is 0.879. The summed E-state index contributed by atoms with van der Waals surface area (Å²) in [5.41, 5.74) is 6.65. The Morgan fingerprint density at radius 1 is 1.26 bits per heavy atom. The predicted octanol–water partition coefficient (Wildman–Crippen LogP) is 3.08. The molecule has 2 aromatic rings. The molecule has 4 nitrogen and oxygen atoms in total. The van der Waals surface area contributed by atoms with Gasteiger partial charge in [-0.2, -0.15) is 9.37 Å². The maximum Gasteiger partial charge on any atom is 0.322 e. The minimum absolute atomic E-state index is 0.0724. The minimum Gasteiger partial charge on any atom is -0.421 e. The summed E-state index contributed by atoms with van der Waals surface area (Å²) in [6.07, 6.45) is 0. The highest BCUT2D eigenvalue weighted by molar-refractivity contribution is 9.10. The SMILES string of the molecule is Cc1cc(CN)nc(Oc2cc(Br)cc(F)c2F)n1. The van der Waals surface area contributed by atoms with Crippen LogP contribution in [0.4, 0.5) is 8.78 Å². The molecular weight excluding hydrogens is 320 g/mol. The monoisotopic (exact) mass is 329 g/mol. The molecule has 0 radical (unpaired) electrons. The van der Waals surface area contributed by atoms with Gasteiger partial charge in [-0.3, -0.25) is 0 Å². The lowest BCUT2D eigenvalue weighted by Gasteiger charge is -2.08. The molecule has 0 saturated heterocycles. The van der Waals surface area contributed by atoms with E-state index in [2.05, 4.69) is 25.9 Å². The van der Waals surface area contributed by atoms with E-state index in [1.807, 2.05) is 0 Å². The number of ether oxygens (including phenoxy) is 1. The fourth-order valence-corrected chi connectivity index (χ4v) is 1.87. The smallest absolute Gasteiger partial charge is 0.322 e. The van der Waals surface area contributed by atoms with Crippen LogP contribution in [0, 0.1) is 18.6 Å². The Morgan fingerprint density at radius 3 is 2.68 bits per heavy atom. The van der Waals surface area contributed by atoms with Gasteiger partial charge in [-0.15, -0.1) is 0 Å². The molecule has 0 amide bonds. The third-order valence-electron chi connectivity index (χ3n) is 2.26. The van der Waals surface area contributed by atoms with Crippen molar-refractivity contribution < 1.29 is 13.5 Å². The normalized spacial score (nSPS) is 10.6. The maximum absolute atomic E-state index is 13.5. The van der Waals surface area contributed by atoms with Gasteiger partial charge in [0.25, 0.3) is 0 Å². The van der Waals surface area contributed by atoms with Crippen molar-refractivity contribution in [3.8, 4) is 11.8 Å². The molecule has 0 atom stereocenters. The summed E-state index contributed by atoms with van der Waals surface area (Å²) < 4.78 is 32.3. The molecule has 0 bridgehead atoms. The molecule has 0 aliphatic heterocycles. The second kappa shape index (κ2) is 5.58. The number of nitrogens with zero attached hydrogens (tertiary/aromatic N) is 2. The fraction of sp³-hybridized carbons (Fsp3) is 0.167. The standard InChI is InChI=1S/C12H10BrF2N3O/c1-6-2-8(5-16)18-12(17-6)19-10-4-7(13)3-9(14)11(10)15/h2-4H,5,16H2,1H3. The summed E-state index contributed by atoms with van der Waals surface area (Å²) in [4.78, 5) is 7.97. The summed E-state index contributed by atoms with van der Waals surface area (Å²) in [5.74, 6) is -2.40. The lowest BCUT2D eigenvalue weighted by atomic mass is 10.3. The number of aryl methyl sites for hydroxylation is 1. The van der Waals surface area contributed by atoms with Crippen LogP contribution < -0.4 is 10.5 Å². The van der Waals surface area contributed by atoms with Gasteiger partial charge in [0, 0.05) is 16.7 Å². The van der Waals surface area contributed by atoms with Gasteiger partial charge in [-0.05, 0) is 25.1 Å². The Morgan fingerprint density at radius 2 is 2.00 bits per heavy atom. The molecule has 0 aliphatic rings. The van der Waals surface area contributed by atoms with E-state index in [4.69, 9.17) is 10.5 Å². The number of hydrogen-bond donors (Lipinski definition) is 1. The van der Waals surface area contributed by atoms with Gasteiger partial charge in [0.15, 0.2) is 11.6 Å². The number of halogens is 3. The molecule has 1 aromatic heterocycles. The Kier molecular flexibility index (Phi) is 4.06. The van der Waals surface area contributed by atoms with Crippen molar-refractivity contribution in [2.45, 2.75) is 13.5 Å². The van der Waals surface area contributed by atoms with E-state index >= 15 is 0 Å². The first kappa shape index (κ1) is 13.8. The van der Waals surface area contributed by atoms with Crippen LogP contribution >= 0.6 is 15.9 Å². The lowest BCUT2D eigenvalue weighted by Crippen LogP contribution is -2.04. The molecule has 7 heteroatoms. The van der Waals surface area contributed by atoms with Gasteiger partial charge in [-0.1, -0.05) is 15.9 Å². The first-order valence-electron chi connectivity index (χ1n) is 5.36. The number of nitrogens with two attached hydrogens (primary N) is 1. The van der Waals surface area contributed by atoms with Crippen molar-refractivity contribution in [2.24, 2.45) is 5.73 Å². The molecule has 2 rings (SSSR count). The van der Waals surface area contributed by atoms with E-state index in [-0.39, 0.29) is 18.3 Å². The van der Waals surface area contributed by atoms with E-state index in [1.165, 1.54) is 6.07 Å². The Hall–Kier alpha value is -1.60. The zero-order valence-corrected chi connectivity index (χ0v) is 11.5. The van der Waals surface area contributed by atoms with Crippen molar-refractivity contribution in [3.63, 3.8) is 0 Å². The first-order valence-corrected chi connectivity index (χ1v) is 6.16. The van der Waals surface area contributed by atoms with Crippen molar-refractivity contribution >= 4 is 15.9 Å². The van der Waals surface area contributed by atoms with Crippen LogP contribution in [0.2, 0.25) is 0 Å². The lowest BCUT2D eigenvalue weighted by molar-refractivity contribution is 0.390. The van der Waals surface area contributed by atoms with E-state index in [0.29, 0.717) is 15.9 Å². The second-order valence-electron chi connectivity index (χ2n) is 3.79. The van der Waals surface area contributed by atoms with Crippen LogP contribution in [0.3, 0.4) is 0 Å². The Bertz CT molecular complexity index is 622. The van der Waals surface area contributed by atoms with Crippen LogP contribution in [0.1, 0.15) is 11.4 Å². The first-order chi connectivity index (χ1) is 8.99. The molecule has 19 heavy (non-hydrogen) atoms. The van der Waals surface area contributed by atoms with Crippen molar-refractivity contribution in [1.82, 2.24) is 9.97 Å². The molecule has 0 unspecified atom stereocenters. The van der Waals surface area contributed by atoms with E-state index in [1.54, 1.807) is 13.0 Å². The molecule has 1 heterocycles. The number of benzene rings is 1. The fourth-order valence-electron chi connectivity index (χ4n) is 1.46. The average molecular weight is 330 g/mol.